The molecule has 0 saturated heterocycles. The fourth-order valence-corrected chi connectivity index (χ4v) is 2.06. The summed E-state index contributed by atoms with van der Waals surface area (Å²) < 4.78 is 13.9. The number of nitrogens with zero attached hydrogens (tertiary/aromatic N) is 2. The molecule has 2 N–H and O–H groups in total. The van der Waals surface area contributed by atoms with Gasteiger partial charge in [0, 0.05) is 19.3 Å². The van der Waals surface area contributed by atoms with Crippen molar-refractivity contribution in [3.63, 3.8) is 0 Å². The molecule has 3 nitrogen and oxygen atoms in total. The first-order chi connectivity index (χ1) is 8.58. The molecular formula is C13H13BrFN3. The lowest BCUT2D eigenvalue weighted by atomic mass is 10.2. The fraction of sp³-hybridized carbons (Fsp3) is 0.154. The van der Waals surface area contributed by atoms with Crippen LogP contribution in [0.3, 0.4) is 0 Å². The van der Waals surface area contributed by atoms with Gasteiger partial charge in [-0.05, 0) is 34.1 Å². The molecule has 0 amide bonds. The molecule has 0 aliphatic carbocycles. The van der Waals surface area contributed by atoms with Crippen LogP contribution in [0, 0.1) is 5.82 Å². The second-order valence-corrected chi connectivity index (χ2v) is 4.86. The topological polar surface area (TPSA) is 42.2 Å². The van der Waals surface area contributed by atoms with Crippen molar-refractivity contribution in [3.05, 3.63) is 52.5 Å². The first kappa shape index (κ1) is 12.8. The Balaban J connectivity index is 2.24. The van der Waals surface area contributed by atoms with Crippen LogP contribution in [0.5, 0.6) is 0 Å². The van der Waals surface area contributed by atoms with Gasteiger partial charge in [-0.3, -0.25) is 4.98 Å². The van der Waals surface area contributed by atoms with Crippen LogP contribution in [0.4, 0.5) is 15.8 Å². The summed E-state index contributed by atoms with van der Waals surface area (Å²) in [6.07, 6.45) is 1.73. The average molecular weight is 310 g/mol. The van der Waals surface area contributed by atoms with Crippen molar-refractivity contribution in [2.75, 3.05) is 17.7 Å². The molecule has 1 aromatic carbocycles. The van der Waals surface area contributed by atoms with Gasteiger partial charge < -0.3 is 10.6 Å². The molecule has 0 aliphatic heterocycles. The minimum atomic E-state index is -0.327. The normalized spacial score (nSPS) is 10.4. The lowest BCUT2D eigenvalue weighted by Crippen LogP contribution is -2.18. The van der Waals surface area contributed by atoms with Crippen molar-refractivity contribution in [2.24, 2.45) is 0 Å². The van der Waals surface area contributed by atoms with E-state index in [0.29, 0.717) is 22.4 Å². The van der Waals surface area contributed by atoms with E-state index in [9.17, 15) is 4.39 Å². The monoisotopic (exact) mass is 309 g/mol. The maximum atomic E-state index is 13.5. The highest BCUT2D eigenvalue weighted by atomic mass is 79.9. The minimum absolute atomic E-state index is 0.327. The Labute approximate surface area is 114 Å². The summed E-state index contributed by atoms with van der Waals surface area (Å²) in [6, 6.07) is 8.68. The summed E-state index contributed by atoms with van der Waals surface area (Å²) in [4.78, 5) is 6.10. The highest BCUT2D eigenvalue weighted by molar-refractivity contribution is 9.10. The molecule has 1 heterocycles. The molecule has 0 aliphatic rings. The molecule has 0 saturated carbocycles. The Bertz CT molecular complexity index is 545. The fourth-order valence-electron chi connectivity index (χ4n) is 1.70. The van der Waals surface area contributed by atoms with E-state index in [0.717, 1.165) is 5.69 Å². The van der Waals surface area contributed by atoms with Crippen molar-refractivity contribution in [1.82, 2.24) is 4.98 Å². The van der Waals surface area contributed by atoms with Crippen LogP contribution < -0.4 is 10.6 Å². The Kier molecular flexibility index (Phi) is 3.81. The summed E-state index contributed by atoms with van der Waals surface area (Å²) in [7, 11) is 1.85. The molecular weight excluding hydrogens is 297 g/mol. The highest BCUT2D eigenvalue weighted by Crippen LogP contribution is 2.29. The van der Waals surface area contributed by atoms with Crippen LogP contribution in [0.25, 0.3) is 0 Å². The number of anilines is 2. The molecule has 0 bridgehead atoms. The Hall–Kier alpha value is -1.62. The lowest BCUT2D eigenvalue weighted by molar-refractivity contribution is 0.620. The smallest absolute Gasteiger partial charge is 0.139 e. The maximum absolute atomic E-state index is 13.5. The van der Waals surface area contributed by atoms with Crippen LogP contribution in [0.1, 0.15) is 5.69 Å². The zero-order valence-electron chi connectivity index (χ0n) is 9.90. The number of hydrogen-bond donors (Lipinski definition) is 1. The van der Waals surface area contributed by atoms with E-state index in [-0.39, 0.29) is 5.82 Å². The molecule has 1 aromatic heterocycles. The number of hydrogen-bond acceptors (Lipinski definition) is 3. The number of nitrogens with two attached hydrogens (primary N) is 1. The largest absolute Gasteiger partial charge is 0.397 e. The molecule has 5 heteroatoms. The molecule has 18 heavy (non-hydrogen) atoms. The predicted molar refractivity (Wildman–Crippen MR) is 74.9 cm³/mol. The number of rotatable bonds is 3. The summed E-state index contributed by atoms with van der Waals surface area (Å²) in [5.74, 6) is -0.327. The second kappa shape index (κ2) is 5.35. The van der Waals surface area contributed by atoms with Crippen LogP contribution in [0.2, 0.25) is 0 Å². The average Bonchev–Trinajstić information content (AvgIpc) is 2.35. The SMILES string of the molecule is CN(Cc1ccccn1)c1cc(F)c(Br)cc1N. The minimum Gasteiger partial charge on any atom is -0.397 e. The number of halogens is 2. The standard InChI is InChI=1S/C13H13BrFN3/c1-18(8-9-4-2-3-5-17-9)13-7-11(15)10(14)6-12(13)16/h2-7H,8,16H2,1H3. The maximum Gasteiger partial charge on any atom is 0.139 e. The van der Waals surface area contributed by atoms with Gasteiger partial charge in [-0.2, -0.15) is 0 Å². The zero-order valence-corrected chi connectivity index (χ0v) is 11.5. The molecule has 94 valence electrons. The molecule has 0 spiro atoms. The molecule has 0 fully saturated rings. The first-order valence-electron chi connectivity index (χ1n) is 5.43. The second-order valence-electron chi connectivity index (χ2n) is 4.00. The van der Waals surface area contributed by atoms with Crippen molar-refractivity contribution >= 4 is 27.3 Å². The lowest BCUT2D eigenvalue weighted by Gasteiger charge is -2.21. The van der Waals surface area contributed by atoms with E-state index in [1.165, 1.54) is 6.07 Å². The zero-order chi connectivity index (χ0) is 13.1. The third-order valence-electron chi connectivity index (χ3n) is 2.61. The van der Waals surface area contributed by atoms with E-state index in [1.807, 2.05) is 30.1 Å². The Morgan fingerprint density at radius 2 is 2.17 bits per heavy atom. The van der Waals surface area contributed by atoms with E-state index in [1.54, 1.807) is 12.3 Å². The van der Waals surface area contributed by atoms with E-state index < -0.39 is 0 Å². The summed E-state index contributed by atoms with van der Waals surface area (Å²) in [5, 5.41) is 0. The van der Waals surface area contributed by atoms with E-state index >= 15 is 0 Å². The van der Waals surface area contributed by atoms with Crippen LogP contribution in [-0.4, -0.2) is 12.0 Å². The summed E-state index contributed by atoms with van der Waals surface area (Å²) in [6.45, 7) is 0.576. The predicted octanol–water partition coefficient (Wildman–Crippen LogP) is 3.20. The molecule has 2 rings (SSSR count). The number of nitrogen functional groups attached to an aromatic ring is 1. The van der Waals surface area contributed by atoms with Gasteiger partial charge in [-0.1, -0.05) is 6.07 Å². The number of aromatic nitrogens is 1. The Morgan fingerprint density at radius 1 is 1.39 bits per heavy atom. The van der Waals surface area contributed by atoms with Crippen molar-refractivity contribution in [3.8, 4) is 0 Å². The van der Waals surface area contributed by atoms with E-state index in [2.05, 4.69) is 20.9 Å². The third kappa shape index (κ3) is 2.79. The number of benzene rings is 1. The Morgan fingerprint density at radius 3 is 2.83 bits per heavy atom. The summed E-state index contributed by atoms with van der Waals surface area (Å²) in [5.41, 5.74) is 7.97. The van der Waals surface area contributed by atoms with Crippen LogP contribution in [-0.2, 0) is 6.54 Å². The van der Waals surface area contributed by atoms with Gasteiger partial charge >= 0.3 is 0 Å². The number of pyridine rings is 1. The quantitative estimate of drug-likeness (QED) is 0.885. The van der Waals surface area contributed by atoms with Gasteiger partial charge in [-0.25, -0.2) is 4.39 Å². The molecule has 0 radical (unpaired) electrons. The van der Waals surface area contributed by atoms with Crippen LogP contribution in [0.15, 0.2) is 41.0 Å². The van der Waals surface area contributed by atoms with Crippen molar-refractivity contribution in [2.45, 2.75) is 6.54 Å². The van der Waals surface area contributed by atoms with Gasteiger partial charge in [0.15, 0.2) is 0 Å². The van der Waals surface area contributed by atoms with Crippen LogP contribution >= 0.6 is 15.9 Å². The summed E-state index contributed by atoms with van der Waals surface area (Å²) >= 11 is 3.11. The highest BCUT2D eigenvalue weighted by Gasteiger charge is 2.10. The van der Waals surface area contributed by atoms with Gasteiger partial charge in [-0.15, -0.1) is 0 Å². The van der Waals surface area contributed by atoms with E-state index in [4.69, 9.17) is 5.73 Å². The molecule has 0 unspecified atom stereocenters. The third-order valence-corrected chi connectivity index (χ3v) is 3.21. The van der Waals surface area contributed by atoms with Crippen molar-refractivity contribution in [1.29, 1.82) is 0 Å². The van der Waals surface area contributed by atoms with Gasteiger partial charge in [0.25, 0.3) is 0 Å². The van der Waals surface area contributed by atoms with Gasteiger partial charge in [0.2, 0.25) is 0 Å². The van der Waals surface area contributed by atoms with Crippen molar-refractivity contribution < 1.29 is 4.39 Å². The molecule has 2 aromatic rings. The van der Waals surface area contributed by atoms with Gasteiger partial charge in [0.05, 0.1) is 28.1 Å². The van der Waals surface area contributed by atoms with Gasteiger partial charge in [0.1, 0.15) is 5.82 Å². The first-order valence-corrected chi connectivity index (χ1v) is 6.23. The molecule has 0 atom stereocenters.